The molecule has 0 aromatic carbocycles. The molecule has 0 aromatic rings. The maximum Gasteiger partial charge on any atom is 0.315 e. The number of nitrogens with one attached hydrogen (secondary N) is 2. The third kappa shape index (κ3) is 5.84. The van der Waals surface area contributed by atoms with Gasteiger partial charge in [0.1, 0.15) is 6.04 Å². The van der Waals surface area contributed by atoms with Gasteiger partial charge in [-0.25, -0.2) is 9.69 Å². The third-order valence-corrected chi connectivity index (χ3v) is 4.25. The van der Waals surface area contributed by atoms with Crippen molar-refractivity contribution in [3.8, 4) is 6.19 Å². The van der Waals surface area contributed by atoms with Crippen molar-refractivity contribution in [2.75, 3.05) is 18.6 Å². The fourth-order valence-corrected chi connectivity index (χ4v) is 3.00. The van der Waals surface area contributed by atoms with Gasteiger partial charge in [0.05, 0.1) is 0 Å². The van der Waals surface area contributed by atoms with E-state index in [1.807, 2.05) is 12.4 Å². The quantitative estimate of drug-likeness (QED) is 0.577. The van der Waals surface area contributed by atoms with Crippen LogP contribution in [0, 0.1) is 11.5 Å². The first-order valence-corrected chi connectivity index (χ1v) is 8.78. The smallest absolute Gasteiger partial charge is 0.315 e. The highest BCUT2D eigenvalue weighted by molar-refractivity contribution is 7.98. The van der Waals surface area contributed by atoms with E-state index in [-0.39, 0.29) is 18.0 Å². The summed E-state index contributed by atoms with van der Waals surface area (Å²) in [5, 5.41) is 14.6. The van der Waals surface area contributed by atoms with Crippen LogP contribution in [0.1, 0.15) is 39.0 Å². The number of nitriles is 1. The largest absolute Gasteiger partial charge is 0.335 e. The number of carbonyl (C=O) groups is 2. The fourth-order valence-electron chi connectivity index (χ4n) is 2.44. The highest BCUT2D eigenvalue weighted by Crippen LogP contribution is 2.17. The molecule has 6 nitrogen and oxygen atoms in total. The lowest BCUT2D eigenvalue weighted by molar-refractivity contribution is -0.129. The Morgan fingerprint density at radius 2 is 2.05 bits per heavy atom. The van der Waals surface area contributed by atoms with Crippen LogP contribution < -0.4 is 10.6 Å². The van der Waals surface area contributed by atoms with E-state index in [0.29, 0.717) is 12.3 Å². The number of carbonyl (C=O) groups excluding carboxylic acids is 2. The molecule has 7 heteroatoms. The molecule has 2 N–H and O–H groups in total. The zero-order chi connectivity index (χ0) is 15.7. The average Bonchev–Trinajstić information content (AvgIpc) is 2.49. The van der Waals surface area contributed by atoms with E-state index in [0.717, 1.165) is 30.6 Å². The van der Waals surface area contributed by atoms with E-state index in [2.05, 4.69) is 10.6 Å². The molecule has 118 valence electrons. The van der Waals surface area contributed by atoms with Crippen LogP contribution in [-0.2, 0) is 4.79 Å². The van der Waals surface area contributed by atoms with Crippen LogP contribution in [0.25, 0.3) is 0 Å². The van der Waals surface area contributed by atoms with Gasteiger partial charge in [-0.3, -0.25) is 4.79 Å². The Hall–Kier alpha value is -1.42. The zero-order valence-electron chi connectivity index (χ0n) is 12.7. The van der Waals surface area contributed by atoms with Crippen molar-refractivity contribution in [3.63, 3.8) is 0 Å². The van der Waals surface area contributed by atoms with Gasteiger partial charge in [-0.2, -0.15) is 17.0 Å². The van der Waals surface area contributed by atoms with E-state index < -0.39 is 6.04 Å². The van der Waals surface area contributed by atoms with Gasteiger partial charge >= 0.3 is 6.03 Å². The van der Waals surface area contributed by atoms with Crippen molar-refractivity contribution in [3.05, 3.63) is 0 Å². The highest BCUT2D eigenvalue weighted by atomic mass is 32.2. The molecule has 0 heterocycles. The van der Waals surface area contributed by atoms with E-state index >= 15 is 0 Å². The molecule has 1 aliphatic carbocycles. The maximum absolute atomic E-state index is 12.2. The first-order valence-electron chi connectivity index (χ1n) is 7.39. The van der Waals surface area contributed by atoms with E-state index in [1.54, 1.807) is 6.92 Å². The minimum Gasteiger partial charge on any atom is -0.335 e. The van der Waals surface area contributed by atoms with E-state index in [1.165, 1.54) is 18.2 Å². The standard InChI is InChI=1S/C14H24N4O2S/c1-3-18(10-15)13(19)12(9-21-2)17-14(20)16-11-7-5-4-6-8-11/h11-12H,3-9H2,1-2H3,(H2,16,17,20). The molecule has 0 spiro atoms. The maximum atomic E-state index is 12.2. The van der Waals surface area contributed by atoms with Gasteiger partial charge in [-0.15, -0.1) is 0 Å². The Balaban J connectivity index is 2.54. The van der Waals surface area contributed by atoms with E-state index in [4.69, 9.17) is 5.26 Å². The number of urea groups is 1. The van der Waals surface area contributed by atoms with Crippen LogP contribution in [0.4, 0.5) is 4.79 Å². The van der Waals surface area contributed by atoms with Crippen molar-refractivity contribution in [1.29, 1.82) is 5.26 Å². The second-order valence-electron chi connectivity index (χ2n) is 5.14. The summed E-state index contributed by atoms with van der Waals surface area (Å²) in [5.41, 5.74) is 0. The summed E-state index contributed by atoms with van der Waals surface area (Å²) >= 11 is 1.47. The predicted molar refractivity (Wildman–Crippen MR) is 83.7 cm³/mol. The Labute approximate surface area is 130 Å². The number of hydrogen-bond acceptors (Lipinski definition) is 4. The van der Waals surface area contributed by atoms with Gasteiger partial charge in [-0.05, 0) is 26.0 Å². The lowest BCUT2D eigenvalue weighted by Gasteiger charge is -2.25. The van der Waals surface area contributed by atoms with Crippen LogP contribution in [0.2, 0.25) is 0 Å². The predicted octanol–water partition coefficient (Wildman–Crippen LogP) is 1.68. The van der Waals surface area contributed by atoms with Crippen LogP contribution in [0.15, 0.2) is 0 Å². The Morgan fingerprint density at radius 1 is 1.38 bits per heavy atom. The number of nitrogens with zero attached hydrogens (tertiary/aromatic N) is 2. The van der Waals surface area contributed by atoms with Crippen LogP contribution in [0.5, 0.6) is 0 Å². The first-order chi connectivity index (χ1) is 10.1. The molecule has 3 amide bonds. The monoisotopic (exact) mass is 312 g/mol. The summed E-state index contributed by atoms with van der Waals surface area (Å²) in [4.78, 5) is 25.3. The normalized spacial score (nSPS) is 16.6. The summed E-state index contributed by atoms with van der Waals surface area (Å²) in [7, 11) is 0. The molecule has 0 saturated heterocycles. The summed E-state index contributed by atoms with van der Waals surface area (Å²) in [6, 6.07) is -0.784. The molecule has 1 unspecified atom stereocenters. The van der Waals surface area contributed by atoms with Crippen molar-refractivity contribution >= 4 is 23.7 Å². The van der Waals surface area contributed by atoms with Crippen molar-refractivity contribution in [1.82, 2.24) is 15.5 Å². The van der Waals surface area contributed by atoms with Gasteiger partial charge in [-0.1, -0.05) is 19.3 Å². The summed E-state index contributed by atoms with van der Waals surface area (Å²) < 4.78 is 0. The van der Waals surface area contributed by atoms with Crippen molar-refractivity contribution in [2.45, 2.75) is 51.1 Å². The molecule has 1 rings (SSSR count). The van der Waals surface area contributed by atoms with Gasteiger partial charge < -0.3 is 10.6 Å². The first kappa shape index (κ1) is 17.6. The Morgan fingerprint density at radius 3 is 2.57 bits per heavy atom. The number of hydrogen-bond donors (Lipinski definition) is 2. The number of thioether (sulfide) groups is 1. The molecular formula is C14H24N4O2S. The third-order valence-electron chi connectivity index (χ3n) is 3.58. The molecular weight excluding hydrogens is 288 g/mol. The molecule has 1 fully saturated rings. The van der Waals surface area contributed by atoms with Crippen molar-refractivity contribution in [2.24, 2.45) is 0 Å². The summed E-state index contributed by atoms with van der Waals surface area (Å²) in [6.07, 6.45) is 9.19. The summed E-state index contributed by atoms with van der Waals surface area (Å²) in [6.45, 7) is 2.05. The van der Waals surface area contributed by atoms with Gasteiger partial charge in [0, 0.05) is 18.3 Å². The Bertz CT molecular complexity index is 391. The molecule has 1 saturated carbocycles. The van der Waals surface area contributed by atoms with Crippen molar-refractivity contribution < 1.29 is 9.59 Å². The van der Waals surface area contributed by atoms with Gasteiger partial charge in [0.2, 0.25) is 0 Å². The second-order valence-corrected chi connectivity index (χ2v) is 6.05. The van der Waals surface area contributed by atoms with Gasteiger partial charge in [0.25, 0.3) is 5.91 Å². The number of rotatable bonds is 6. The highest BCUT2D eigenvalue weighted by Gasteiger charge is 2.26. The second kappa shape index (κ2) is 9.50. The zero-order valence-corrected chi connectivity index (χ0v) is 13.5. The molecule has 0 aromatic heterocycles. The molecule has 21 heavy (non-hydrogen) atoms. The van der Waals surface area contributed by atoms with E-state index in [9.17, 15) is 9.59 Å². The van der Waals surface area contributed by atoms with Crippen LogP contribution in [-0.4, -0.2) is 47.5 Å². The number of likely N-dealkylation sites (N-methyl/N-ethyl adjacent to an activating group) is 1. The Kier molecular flexibility index (Phi) is 7.98. The molecule has 0 radical (unpaired) electrons. The average molecular weight is 312 g/mol. The molecule has 1 atom stereocenters. The minimum atomic E-state index is -0.664. The van der Waals surface area contributed by atoms with Gasteiger partial charge in [0.15, 0.2) is 6.19 Å². The minimum absolute atomic E-state index is 0.196. The van der Waals surface area contributed by atoms with Crippen LogP contribution >= 0.6 is 11.8 Å². The summed E-state index contributed by atoms with van der Waals surface area (Å²) in [5.74, 6) is 0.0999. The lowest BCUT2D eigenvalue weighted by atomic mass is 9.96. The number of amides is 3. The molecule has 0 aliphatic heterocycles. The topological polar surface area (TPSA) is 85.2 Å². The molecule has 1 aliphatic rings. The SMILES string of the molecule is CCN(C#N)C(=O)C(CSC)NC(=O)NC1CCCCC1. The fraction of sp³-hybridized carbons (Fsp3) is 0.786. The van der Waals surface area contributed by atoms with Crippen LogP contribution in [0.3, 0.4) is 0 Å². The molecule has 0 bridgehead atoms. The lowest BCUT2D eigenvalue weighted by Crippen LogP contribution is -2.53.